The summed E-state index contributed by atoms with van der Waals surface area (Å²) in [6.45, 7) is 4.23. The number of aromatic amines is 1. The van der Waals surface area contributed by atoms with Crippen molar-refractivity contribution in [2.75, 3.05) is 6.54 Å². The van der Waals surface area contributed by atoms with Crippen LogP contribution in [-0.4, -0.2) is 47.1 Å². The standard InChI is InChI=1S/C19H18FN7O2/c1-10(2)17-23-24-18(29-17)19(28)26-7-6-12-15(22-9-21-12)16(26)13-8-11-4-3-5-14(20)27(11)25-13/h3-5,8-10,16H,6-7H2,1-2H3,(H,21,22)/t16-/m0/s1. The molecular weight excluding hydrogens is 377 g/mol. The molecule has 0 unspecified atom stereocenters. The van der Waals surface area contributed by atoms with Gasteiger partial charge < -0.3 is 14.3 Å². The largest absolute Gasteiger partial charge is 0.417 e. The molecule has 1 amide bonds. The van der Waals surface area contributed by atoms with Crippen LogP contribution in [0.15, 0.2) is 35.0 Å². The van der Waals surface area contributed by atoms with E-state index >= 15 is 0 Å². The minimum absolute atomic E-state index is 0.0144. The Morgan fingerprint density at radius 3 is 2.97 bits per heavy atom. The van der Waals surface area contributed by atoms with Gasteiger partial charge in [0.2, 0.25) is 11.8 Å². The maximum absolute atomic E-state index is 14.2. The molecule has 0 saturated heterocycles. The number of imidazole rings is 1. The molecule has 1 atom stereocenters. The summed E-state index contributed by atoms with van der Waals surface area (Å²) >= 11 is 0. The number of pyridine rings is 1. The first kappa shape index (κ1) is 17.5. The number of rotatable bonds is 3. The fourth-order valence-corrected chi connectivity index (χ4v) is 3.61. The number of nitrogens with zero attached hydrogens (tertiary/aromatic N) is 6. The highest BCUT2D eigenvalue weighted by molar-refractivity contribution is 5.90. The van der Waals surface area contributed by atoms with E-state index in [-0.39, 0.29) is 11.8 Å². The van der Waals surface area contributed by atoms with Crippen molar-refractivity contribution < 1.29 is 13.6 Å². The molecule has 0 saturated carbocycles. The lowest BCUT2D eigenvalue weighted by Gasteiger charge is -2.32. The lowest BCUT2D eigenvalue weighted by molar-refractivity contribution is 0.0643. The van der Waals surface area contributed by atoms with Gasteiger partial charge in [0.15, 0.2) is 0 Å². The van der Waals surface area contributed by atoms with Crippen LogP contribution in [0.3, 0.4) is 0 Å². The van der Waals surface area contributed by atoms with Crippen molar-refractivity contribution in [2.24, 2.45) is 0 Å². The van der Waals surface area contributed by atoms with Crippen LogP contribution in [0.5, 0.6) is 0 Å². The average molecular weight is 395 g/mol. The number of H-pyrrole nitrogens is 1. The van der Waals surface area contributed by atoms with Gasteiger partial charge >= 0.3 is 11.8 Å². The monoisotopic (exact) mass is 395 g/mol. The summed E-state index contributed by atoms with van der Waals surface area (Å²) in [6, 6.07) is 5.87. The Labute approximate surface area is 164 Å². The highest BCUT2D eigenvalue weighted by Crippen LogP contribution is 2.34. The van der Waals surface area contributed by atoms with E-state index in [9.17, 15) is 9.18 Å². The van der Waals surface area contributed by atoms with Crippen molar-refractivity contribution in [3.63, 3.8) is 0 Å². The zero-order valence-electron chi connectivity index (χ0n) is 15.8. The molecule has 148 valence electrons. The minimum Gasteiger partial charge on any atom is -0.417 e. The van der Waals surface area contributed by atoms with Crippen molar-refractivity contribution in [1.82, 2.24) is 34.7 Å². The van der Waals surface area contributed by atoms with Gasteiger partial charge in [0.25, 0.3) is 0 Å². The number of carbonyl (C=O) groups excluding carboxylic acids is 1. The molecule has 1 aliphatic heterocycles. The fraction of sp³-hybridized carbons (Fsp3) is 0.316. The third-order valence-electron chi connectivity index (χ3n) is 5.04. The summed E-state index contributed by atoms with van der Waals surface area (Å²) in [7, 11) is 0. The highest BCUT2D eigenvalue weighted by atomic mass is 19.1. The fourth-order valence-electron chi connectivity index (χ4n) is 3.61. The molecule has 0 aromatic carbocycles. The van der Waals surface area contributed by atoms with Crippen LogP contribution in [0.25, 0.3) is 5.52 Å². The van der Waals surface area contributed by atoms with Crippen LogP contribution in [0.4, 0.5) is 4.39 Å². The molecule has 0 fully saturated rings. The van der Waals surface area contributed by atoms with Crippen molar-refractivity contribution in [3.05, 3.63) is 65.4 Å². The van der Waals surface area contributed by atoms with E-state index in [0.717, 1.165) is 5.69 Å². The van der Waals surface area contributed by atoms with Crippen LogP contribution in [0, 0.1) is 5.95 Å². The smallest absolute Gasteiger partial charge is 0.312 e. The number of carbonyl (C=O) groups is 1. The lowest BCUT2D eigenvalue weighted by Crippen LogP contribution is -2.41. The first-order valence-corrected chi connectivity index (χ1v) is 9.33. The van der Waals surface area contributed by atoms with Crippen LogP contribution < -0.4 is 0 Å². The van der Waals surface area contributed by atoms with Crippen LogP contribution in [0.1, 0.15) is 59.5 Å². The van der Waals surface area contributed by atoms with Gasteiger partial charge in [-0.3, -0.25) is 4.79 Å². The number of nitrogens with one attached hydrogen (secondary N) is 1. The molecule has 4 aromatic rings. The van der Waals surface area contributed by atoms with E-state index in [1.807, 2.05) is 13.8 Å². The molecule has 10 heteroatoms. The zero-order valence-corrected chi connectivity index (χ0v) is 15.8. The average Bonchev–Trinajstić information content (AvgIpc) is 3.44. The molecule has 1 N–H and O–H groups in total. The molecule has 4 aromatic heterocycles. The zero-order chi connectivity index (χ0) is 20.1. The van der Waals surface area contributed by atoms with E-state index in [0.29, 0.717) is 35.8 Å². The molecule has 29 heavy (non-hydrogen) atoms. The maximum atomic E-state index is 14.2. The van der Waals surface area contributed by atoms with E-state index in [2.05, 4.69) is 25.3 Å². The summed E-state index contributed by atoms with van der Waals surface area (Å²) in [5.41, 5.74) is 2.71. The maximum Gasteiger partial charge on any atom is 0.312 e. The molecule has 1 aliphatic rings. The van der Waals surface area contributed by atoms with Gasteiger partial charge in [-0.15, -0.1) is 10.2 Å². The van der Waals surface area contributed by atoms with Gasteiger partial charge in [0, 0.05) is 24.6 Å². The quantitative estimate of drug-likeness (QED) is 0.535. The van der Waals surface area contributed by atoms with E-state index in [1.165, 1.54) is 10.6 Å². The van der Waals surface area contributed by atoms with Crippen molar-refractivity contribution in [1.29, 1.82) is 0 Å². The van der Waals surface area contributed by atoms with Crippen molar-refractivity contribution >= 4 is 11.4 Å². The topological polar surface area (TPSA) is 105 Å². The summed E-state index contributed by atoms with van der Waals surface area (Å²) in [4.78, 5) is 22.3. The molecule has 0 aliphatic carbocycles. The van der Waals surface area contributed by atoms with Gasteiger partial charge in [-0.2, -0.15) is 9.49 Å². The van der Waals surface area contributed by atoms with Crippen LogP contribution in [0.2, 0.25) is 0 Å². The van der Waals surface area contributed by atoms with Gasteiger partial charge in [-0.05, 0) is 18.2 Å². The van der Waals surface area contributed by atoms with Crippen molar-refractivity contribution in [2.45, 2.75) is 32.2 Å². The second-order valence-corrected chi connectivity index (χ2v) is 7.27. The number of amides is 1. The van der Waals surface area contributed by atoms with Crippen molar-refractivity contribution in [3.8, 4) is 0 Å². The molecule has 0 radical (unpaired) electrons. The number of fused-ring (bicyclic) bond motifs is 2. The molecule has 9 nitrogen and oxygen atoms in total. The van der Waals surface area contributed by atoms with Gasteiger partial charge in [0.05, 0.1) is 23.2 Å². The Hall–Kier alpha value is -3.56. The highest BCUT2D eigenvalue weighted by Gasteiger charge is 2.38. The minimum atomic E-state index is -0.591. The summed E-state index contributed by atoms with van der Waals surface area (Å²) < 4.78 is 20.9. The van der Waals surface area contributed by atoms with Gasteiger partial charge in [-0.1, -0.05) is 19.9 Å². The Morgan fingerprint density at radius 2 is 2.21 bits per heavy atom. The third kappa shape index (κ3) is 2.79. The molecule has 0 spiro atoms. The first-order chi connectivity index (χ1) is 14.0. The normalized spacial score (nSPS) is 16.6. The Balaban J connectivity index is 1.60. The second-order valence-electron chi connectivity index (χ2n) is 7.27. The number of halogens is 1. The Morgan fingerprint density at radius 1 is 1.34 bits per heavy atom. The summed E-state index contributed by atoms with van der Waals surface area (Å²) in [5.74, 6) is -0.547. The van der Waals surface area contributed by atoms with Gasteiger partial charge in [-0.25, -0.2) is 9.50 Å². The predicted molar refractivity (Wildman–Crippen MR) is 98.7 cm³/mol. The lowest BCUT2D eigenvalue weighted by atomic mass is 9.99. The number of aromatic nitrogens is 6. The van der Waals surface area contributed by atoms with Crippen LogP contribution in [-0.2, 0) is 6.42 Å². The number of hydrogen-bond acceptors (Lipinski definition) is 6. The molecular formula is C19H18FN7O2. The second kappa shape index (κ2) is 6.50. The molecule has 0 bridgehead atoms. The SMILES string of the molecule is CC(C)c1nnc(C(=O)N2CCc3[nH]cnc3[C@@H]2c2cc3cccc(F)n3n2)o1. The Bertz CT molecular complexity index is 1210. The van der Waals surface area contributed by atoms with Crippen LogP contribution >= 0.6 is 0 Å². The third-order valence-corrected chi connectivity index (χ3v) is 5.04. The van der Waals surface area contributed by atoms with E-state index in [4.69, 9.17) is 4.42 Å². The summed E-state index contributed by atoms with van der Waals surface area (Å²) in [5, 5.41) is 12.3. The van der Waals surface area contributed by atoms with E-state index in [1.54, 1.807) is 29.4 Å². The molecule has 5 rings (SSSR count). The predicted octanol–water partition coefficient (Wildman–Crippen LogP) is 2.49. The van der Waals surface area contributed by atoms with Gasteiger partial charge in [0.1, 0.15) is 6.04 Å². The first-order valence-electron chi connectivity index (χ1n) is 9.33. The van der Waals surface area contributed by atoms with E-state index < -0.39 is 17.9 Å². The number of hydrogen-bond donors (Lipinski definition) is 1. The Kier molecular flexibility index (Phi) is 3.93. The molecule has 5 heterocycles. The summed E-state index contributed by atoms with van der Waals surface area (Å²) in [6.07, 6.45) is 2.19.